The zero-order valence-electron chi connectivity index (χ0n) is 16.0. The summed E-state index contributed by atoms with van der Waals surface area (Å²) in [5.41, 5.74) is -0.217. The molecule has 0 saturated carbocycles. The summed E-state index contributed by atoms with van der Waals surface area (Å²) < 4.78 is 26.5. The van der Waals surface area contributed by atoms with Crippen molar-refractivity contribution in [1.29, 1.82) is 0 Å². The fourth-order valence-electron chi connectivity index (χ4n) is 3.43. The molecule has 2 N–H and O–H groups in total. The van der Waals surface area contributed by atoms with Crippen LogP contribution in [0.4, 0.5) is 13.6 Å². The van der Waals surface area contributed by atoms with E-state index in [1.807, 2.05) is 0 Å². The van der Waals surface area contributed by atoms with Gasteiger partial charge in [-0.2, -0.15) is 0 Å². The Morgan fingerprint density at radius 3 is 2.45 bits per heavy atom. The maximum absolute atomic E-state index is 13.4. The van der Waals surface area contributed by atoms with Crippen LogP contribution < -0.4 is 10.6 Å². The van der Waals surface area contributed by atoms with Crippen LogP contribution in [0.5, 0.6) is 0 Å². The van der Waals surface area contributed by atoms with Gasteiger partial charge in [0.05, 0.1) is 6.04 Å². The monoisotopic (exact) mass is 401 g/mol. The lowest BCUT2D eigenvalue weighted by atomic mass is 9.87. The Balaban J connectivity index is 1.72. The summed E-state index contributed by atoms with van der Waals surface area (Å²) in [5.74, 6) is -3.10. The molecular weight excluding hydrogens is 380 g/mol. The molecule has 3 rings (SSSR count). The van der Waals surface area contributed by atoms with Crippen LogP contribution in [0.15, 0.2) is 48.5 Å². The molecule has 1 aliphatic heterocycles. The number of rotatable bonds is 6. The van der Waals surface area contributed by atoms with E-state index >= 15 is 0 Å². The predicted octanol–water partition coefficient (Wildman–Crippen LogP) is 3.00. The highest BCUT2D eigenvalue weighted by Gasteiger charge is 2.51. The molecule has 1 heterocycles. The second-order valence-corrected chi connectivity index (χ2v) is 6.91. The summed E-state index contributed by atoms with van der Waals surface area (Å²) in [6, 6.07) is 10.9. The molecule has 1 saturated heterocycles. The van der Waals surface area contributed by atoms with E-state index in [4.69, 9.17) is 0 Å². The van der Waals surface area contributed by atoms with Gasteiger partial charge in [-0.3, -0.25) is 14.5 Å². The molecule has 0 bridgehead atoms. The second kappa shape index (κ2) is 7.98. The number of carbonyl (C=O) groups excluding carboxylic acids is 3. The zero-order valence-corrected chi connectivity index (χ0v) is 16.0. The molecule has 152 valence electrons. The van der Waals surface area contributed by atoms with Crippen molar-refractivity contribution >= 4 is 17.8 Å². The fourth-order valence-corrected chi connectivity index (χ4v) is 3.43. The van der Waals surface area contributed by atoms with Crippen molar-refractivity contribution in [3.8, 4) is 0 Å². The van der Waals surface area contributed by atoms with Crippen molar-refractivity contribution in [2.45, 2.75) is 31.8 Å². The Labute approximate surface area is 166 Å². The molecule has 0 unspecified atom stereocenters. The largest absolute Gasteiger partial charge is 0.348 e. The van der Waals surface area contributed by atoms with Crippen LogP contribution in [0, 0.1) is 11.6 Å². The average Bonchev–Trinajstić information content (AvgIpc) is 2.95. The molecule has 6 nitrogen and oxygen atoms in total. The van der Waals surface area contributed by atoms with Gasteiger partial charge in [-0.15, -0.1) is 0 Å². The molecule has 29 heavy (non-hydrogen) atoms. The average molecular weight is 401 g/mol. The first kappa shape index (κ1) is 20.4. The molecule has 2 atom stereocenters. The molecule has 0 aromatic heterocycles. The fraction of sp³-hybridized carbons (Fsp3) is 0.286. The second-order valence-electron chi connectivity index (χ2n) is 6.91. The van der Waals surface area contributed by atoms with E-state index in [-0.39, 0.29) is 0 Å². The van der Waals surface area contributed by atoms with Gasteiger partial charge in [0.2, 0.25) is 5.91 Å². The maximum Gasteiger partial charge on any atom is 0.325 e. The minimum atomic E-state index is -1.22. The predicted molar refractivity (Wildman–Crippen MR) is 102 cm³/mol. The van der Waals surface area contributed by atoms with Gasteiger partial charge >= 0.3 is 6.03 Å². The molecule has 0 aliphatic carbocycles. The number of hydrogen-bond acceptors (Lipinski definition) is 3. The van der Waals surface area contributed by atoms with Crippen molar-refractivity contribution in [3.05, 3.63) is 71.3 Å². The van der Waals surface area contributed by atoms with Crippen molar-refractivity contribution in [2.24, 2.45) is 0 Å². The number of carbonyl (C=O) groups is 3. The zero-order chi connectivity index (χ0) is 21.2. The van der Waals surface area contributed by atoms with Gasteiger partial charge in [-0.05, 0) is 36.6 Å². The number of amides is 4. The van der Waals surface area contributed by atoms with Gasteiger partial charge in [-0.25, -0.2) is 13.6 Å². The summed E-state index contributed by atoms with van der Waals surface area (Å²) in [7, 11) is 0. The van der Waals surface area contributed by atoms with Crippen LogP contribution in [0.25, 0.3) is 0 Å². The Kier molecular flexibility index (Phi) is 5.63. The van der Waals surface area contributed by atoms with E-state index in [1.54, 1.807) is 44.2 Å². The lowest BCUT2D eigenvalue weighted by Crippen LogP contribution is -2.45. The molecule has 4 amide bonds. The quantitative estimate of drug-likeness (QED) is 0.731. The minimum Gasteiger partial charge on any atom is -0.348 e. The van der Waals surface area contributed by atoms with Crippen LogP contribution >= 0.6 is 0 Å². The van der Waals surface area contributed by atoms with E-state index < -0.39 is 47.6 Å². The highest BCUT2D eigenvalue weighted by Crippen LogP contribution is 2.32. The first-order valence-electron chi connectivity index (χ1n) is 9.22. The van der Waals surface area contributed by atoms with Gasteiger partial charge in [0, 0.05) is 0 Å². The van der Waals surface area contributed by atoms with Crippen molar-refractivity contribution in [2.75, 3.05) is 6.54 Å². The third-order valence-electron chi connectivity index (χ3n) is 5.10. The van der Waals surface area contributed by atoms with Crippen LogP contribution in [0.1, 0.15) is 37.4 Å². The van der Waals surface area contributed by atoms with Gasteiger partial charge in [0.25, 0.3) is 5.91 Å². The number of nitrogens with zero attached hydrogens (tertiary/aromatic N) is 1. The van der Waals surface area contributed by atoms with E-state index in [9.17, 15) is 23.2 Å². The summed E-state index contributed by atoms with van der Waals surface area (Å²) in [6.07, 6.45) is 0.324. The van der Waals surface area contributed by atoms with Gasteiger partial charge < -0.3 is 10.6 Å². The van der Waals surface area contributed by atoms with Gasteiger partial charge in [0.15, 0.2) is 11.6 Å². The number of nitrogens with one attached hydrogen (secondary N) is 2. The first-order chi connectivity index (χ1) is 13.8. The summed E-state index contributed by atoms with van der Waals surface area (Å²) in [4.78, 5) is 38.7. The third-order valence-corrected chi connectivity index (χ3v) is 5.10. The topological polar surface area (TPSA) is 78.5 Å². The van der Waals surface area contributed by atoms with Crippen molar-refractivity contribution < 1.29 is 23.2 Å². The van der Waals surface area contributed by atoms with Gasteiger partial charge in [-0.1, -0.05) is 43.3 Å². The molecule has 8 heteroatoms. The minimum absolute atomic E-state index is 0.324. The Hall–Kier alpha value is -3.29. The molecule has 2 aromatic carbocycles. The van der Waals surface area contributed by atoms with Gasteiger partial charge in [0.1, 0.15) is 12.1 Å². The number of benzene rings is 2. The van der Waals surface area contributed by atoms with Crippen molar-refractivity contribution in [1.82, 2.24) is 15.5 Å². The smallest absolute Gasteiger partial charge is 0.325 e. The Morgan fingerprint density at radius 1 is 1.14 bits per heavy atom. The lowest BCUT2D eigenvalue weighted by Gasteiger charge is -2.25. The van der Waals surface area contributed by atoms with Crippen LogP contribution in [0.3, 0.4) is 0 Å². The number of hydrogen-bond donors (Lipinski definition) is 2. The van der Waals surface area contributed by atoms with E-state index in [1.165, 1.54) is 6.07 Å². The molecule has 1 aliphatic rings. The van der Waals surface area contributed by atoms with Crippen LogP contribution in [0.2, 0.25) is 0 Å². The summed E-state index contributed by atoms with van der Waals surface area (Å²) in [5, 5.41) is 5.30. The number of halogens is 2. The normalized spacial score (nSPS) is 19.8. The molecular formula is C21H21F2N3O3. The molecule has 0 radical (unpaired) electrons. The van der Waals surface area contributed by atoms with E-state index in [0.717, 1.165) is 17.0 Å². The summed E-state index contributed by atoms with van der Waals surface area (Å²) in [6.45, 7) is 2.89. The maximum atomic E-state index is 13.4. The standard InChI is InChI=1S/C21H21F2N3O3/c1-3-21(15-7-5-4-6-8-15)19(28)26(20(29)25-21)12-18(27)24-13(2)14-9-10-16(22)17(23)11-14/h4-11,13H,3,12H2,1-2H3,(H,24,27)(H,25,29)/t13-,21+/m1/s1. The first-order valence-corrected chi connectivity index (χ1v) is 9.22. The number of urea groups is 1. The Morgan fingerprint density at radius 2 is 1.83 bits per heavy atom. The highest BCUT2D eigenvalue weighted by molar-refractivity contribution is 6.09. The van der Waals surface area contributed by atoms with Crippen molar-refractivity contribution in [3.63, 3.8) is 0 Å². The Bertz CT molecular complexity index is 951. The van der Waals surface area contributed by atoms with E-state index in [2.05, 4.69) is 10.6 Å². The number of imide groups is 1. The summed E-state index contributed by atoms with van der Waals surface area (Å²) >= 11 is 0. The lowest BCUT2D eigenvalue weighted by molar-refractivity contribution is -0.135. The third kappa shape index (κ3) is 3.83. The van der Waals surface area contributed by atoms with E-state index in [0.29, 0.717) is 17.5 Å². The molecule has 0 spiro atoms. The molecule has 1 fully saturated rings. The van der Waals surface area contributed by atoms with Crippen LogP contribution in [-0.4, -0.2) is 29.3 Å². The van der Waals surface area contributed by atoms with Crippen LogP contribution in [-0.2, 0) is 15.1 Å². The molecule has 2 aromatic rings. The highest BCUT2D eigenvalue weighted by atomic mass is 19.2. The SMILES string of the molecule is CC[C@@]1(c2ccccc2)NC(=O)N(CC(=O)N[C@H](C)c2ccc(F)c(F)c2)C1=O.